The van der Waals surface area contributed by atoms with Gasteiger partial charge in [-0.1, -0.05) is 38.1 Å². The van der Waals surface area contributed by atoms with Gasteiger partial charge >= 0.3 is 0 Å². The Morgan fingerprint density at radius 3 is 2.33 bits per heavy atom. The van der Waals surface area contributed by atoms with Crippen molar-refractivity contribution < 1.29 is 29.3 Å². The van der Waals surface area contributed by atoms with Crippen LogP contribution in [0.25, 0.3) is 5.76 Å². The van der Waals surface area contributed by atoms with Gasteiger partial charge in [-0.2, -0.15) is 0 Å². The number of aromatic hydroxyl groups is 1. The Morgan fingerprint density at radius 2 is 1.72 bits per heavy atom. The Hall–Kier alpha value is -4.26. The number of para-hydroxylation sites is 2. The zero-order valence-corrected chi connectivity index (χ0v) is 20.7. The molecule has 7 heteroatoms. The van der Waals surface area contributed by atoms with Crippen molar-refractivity contribution in [3.8, 4) is 17.2 Å². The largest absolute Gasteiger partial charge is 0.507 e. The average Bonchev–Trinajstić information content (AvgIpc) is 3.14. The van der Waals surface area contributed by atoms with E-state index in [9.17, 15) is 19.8 Å². The third-order valence-electron chi connectivity index (χ3n) is 6.22. The highest BCUT2D eigenvalue weighted by molar-refractivity contribution is 6.51. The van der Waals surface area contributed by atoms with Crippen molar-refractivity contribution >= 4 is 23.1 Å². The van der Waals surface area contributed by atoms with E-state index in [0.717, 1.165) is 5.56 Å². The topological polar surface area (TPSA) is 96.3 Å². The fraction of sp³-hybridized carbons (Fsp3) is 0.241. The SMILES string of the molecule is CCOc1ccc(/C(O)=C2/C(=O)C(=O)N(c3ccccc3O)C2c2ccc(OC)cc2)cc1C(C)C. The summed E-state index contributed by atoms with van der Waals surface area (Å²) < 4.78 is 11.0. The molecule has 2 N–H and O–H groups in total. The minimum Gasteiger partial charge on any atom is -0.507 e. The number of carbonyl (C=O) groups is 2. The zero-order chi connectivity index (χ0) is 26.0. The van der Waals surface area contributed by atoms with Crippen LogP contribution in [0, 0.1) is 0 Å². The lowest BCUT2D eigenvalue weighted by Gasteiger charge is -2.26. The van der Waals surface area contributed by atoms with Gasteiger partial charge in [-0.15, -0.1) is 0 Å². The van der Waals surface area contributed by atoms with E-state index in [-0.39, 0.29) is 28.7 Å². The van der Waals surface area contributed by atoms with Crippen molar-refractivity contribution in [3.05, 3.63) is 89.0 Å². The molecule has 0 spiro atoms. The highest BCUT2D eigenvalue weighted by Crippen LogP contribution is 2.45. The van der Waals surface area contributed by atoms with Crippen molar-refractivity contribution in [2.75, 3.05) is 18.6 Å². The van der Waals surface area contributed by atoms with E-state index in [1.54, 1.807) is 67.8 Å². The highest BCUT2D eigenvalue weighted by atomic mass is 16.5. The number of anilines is 1. The normalized spacial score (nSPS) is 17.0. The van der Waals surface area contributed by atoms with Crippen LogP contribution in [0.1, 0.15) is 49.4 Å². The minimum atomic E-state index is -0.960. The van der Waals surface area contributed by atoms with Gasteiger partial charge in [0, 0.05) is 5.56 Å². The number of aliphatic hydroxyl groups is 1. The number of methoxy groups -OCH3 is 1. The quantitative estimate of drug-likeness (QED) is 0.258. The lowest BCUT2D eigenvalue weighted by atomic mass is 9.93. The number of Topliss-reactive ketones (excluding diaryl/α,β-unsaturated/α-hetero) is 1. The van der Waals surface area contributed by atoms with Gasteiger partial charge in [0.15, 0.2) is 0 Å². The molecule has 3 aromatic rings. The molecule has 0 bridgehead atoms. The molecular weight excluding hydrogens is 458 g/mol. The number of rotatable bonds is 7. The van der Waals surface area contributed by atoms with Crippen LogP contribution in [-0.2, 0) is 9.59 Å². The Morgan fingerprint density at radius 1 is 1.03 bits per heavy atom. The Labute approximate surface area is 210 Å². The molecule has 0 aromatic heterocycles. The Balaban J connectivity index is 1.94. The number of hydrogen-bond donors (Lipinski definition) is 2. The second kappa shape index (κ2) is 10.2. The zero-order valence-electron chi connectivity index (χ0n) is 20.7. The summed E-state index contributed by atoms with van der Waals surface area (Å²) in [6.07, 6.45) is 0. The standard InChI is InChI=1S/C29H29NO6/c1-5-36-24-15-12-19(16-21(24)17(2)3)27(32)25-26(18-10-13-20(35-4)14-11-18)30(29(34)28(25)33)22-8-6-7-9-23(22)31/h6-17,26,31-32H,5H2,1-4H3/b27-25-. The van der Waals surface area contributed by atoms with Crippen molar-refractivity contribution in [2.45, 2.75) is 32.7 Å². The molecule has 1 saturated heterocycles. The molecule has 0 radical (unpaired) electrons. The van der Waals surface area contributed by atoms with E-state index in [0.29, 0.717) is 29.2 Å². The van der Waals surface area contributed by atoms with Gasteiger partial charge in [0.2, 0.25) is 0 Å². The maximum Gasteiger partial charge on any atom is 0.300 e. The summed E-state index contributed by atoms with van der Waals surface area (Å²) in [6.45, 7) is 6.41. The number of phenols is 1. The molecule has 3 aromatic carbocycles. The molecule has 7 nitrogen and oxygen atoms in total. The second-order valence-corrected chi connectivity index (χ2v) is 8.77. The Kier molecular flexibility index (Phi) is 7.01. The monoisotopic (exact) mass is 487 g/mol. The molecule has 0 saturated carbocycles. The summed E-state index contributed by atoms with van der Waals surface area (Å²) in [5, 5.41) is 22.0. The van der Waals surface area contributed by atoms with E-state index in [1.165, 1.54) is 11.0 Å². The number of carbonyl (C=O) groups excluding carboxylic acids is 2. The van der Waals surface area contributed by atoms with E-state index >= 15 is 0 Å². The molecule has 1 unspecified atom stereocenters. The van der Waals surface area contributed by atoms with Crippen LogP contribution in [0.5, 0.6) is 17.2 Å². The van der Waals surface area contributed by atoms with E-state index < -0.39 is 17.7 Å². The molecule has 1 aliphatic rings. The lowest BCUT2D eigenvalue weighted by molar-refractivity contribution is -0.132. The number of nitrogens with zero attached hydrogens (tertiary/aromatic N) is 1. The van der Waals surface area contributed by atoms with Gasteiger partial charge in [0.05, 0.1) is 31.0 Å². The van der Waals surface area contributed by atoms with Crippen LogP contribution in [-0.4, -0.2) is 35.6 Å². The van der Waals surface area contributed by atoms with Crippen molar-refractivity contribution in [1.82, 2.24) is 0 Å². The molecule has 1 atom stereocenters. The number of hydrogen-bond acceptors (Lipinski definition) is 6. The first kappa shape index (κ1) is 24.9. The van der Waals surface area contributed by atoms with E-state index in [4.69, 9.17) is 9.47 Å². The third kappa shape index (κ3) is 4.40. The molecule has 1 fully saturated rings. The fourth-order valence-corrected chi connectivity index (χ4v) is 4.44. The summed E-state index contributed by atoms with van der Waals surface area (Å²) >= 11 is 0. The summed E-state index contributed by atoms with van der Waals surface area (Å²) in [7, 11) is 1.54. The minimum absolute atomic E-state index is 0.0627. The number of ether oxygens (including phenoxy) is 2. The number of phenolic OH excluding ortho intramolecular Hbond substituents is 1. The smallest absolute Gasteiger partial charge is 0.300 e. The van der Waals surface area contributed by atoms with Crippen molar-refractivity contribution in [3.63, 3.8) is 0 Å². The van der Waals surface area contributed by atoms with Gasteiger partial charge in [0.1, 0.15) is 23.0 Å². The molecule has 4 rings (SSSR count). The van der Waals surface area contributed by atoms with E-state index in [1.807, 2.05) is 20.8 Å². The van der Waals surface area contributed by atoms with Gasteiger partial charge in [-0.05, 0) is 66.4 Å². The number of ketones is 1. The number of benzene rings is 3. The highest BCUT2D eigenvalue weighted by Gasteiger charge is 2.47. The van der Waals surface area contributed by atoms with Crippen molar-refractivity contribution in [2.24, 2.45) is 0 Å². The molecule has 1 amide bonds. The van der Waals surface area contributed by atoms with Crippen LogP contribution < -0.4 is 14.4 Å². The number of amides is 1. The van der Waals surface area contributed by atoms with Crippen LogP contribution in [0.2, 0.25) is 0 Å². The van der Waals surface area contributed by atoms with Gasteiger partial charge in [-0.25, -0.2) is 0 Å². The second-order valence-electron chi connectivity index (χ2n) is 8.77. The van der Waals surface area contributed by atoms with E-state index in [2.05, 4.69) is 0 Å². The summed E-state index contributed by atoms with van der Waals surface area (Å²) in [5.74, 6) is -0.722. The van der Waals surface area contributed by atoms with Crippen LogP contribution in [0.15, 0.2) is 72.3 Å². The first-order valence-electron chi connectivity index (χ1n) is 11.8. The van der Waals surface area contributed by atoms with Gasteiger partial charge in [0.25, 0.3) is 11.7 Å². The third-order valence-corrected chi connectivity index (χ3v) is 6.22. The lowest BCUT2D eigenvalue weighted by Crippen LogP contribution is -2.29. The van der Waals surface area contributed by atoms with Crippen LogP contribution >= 0.6 is 0 Å². The van der Waals surface area contributed by atoms with Gasteiger partial charge in [-0.3, -0.25) is 14.5 Å². The fourth-order valence-electron chi connectivity index (χ4n) is 4.44. The average molecular weight is 488 g/mol. The summed E-state index contributed by atoms with van der Waals surface area (Å²) in [6, 6.07) is 17.4. The first-order valence-corrected chi connectivity index (χ1v) is 11.8. The molecule has 1 heterocycles. The predicted molar refractivity (Wildman–Crippen MR) is 138 cm³/mol. The predicted octanol–water partition coefficient (Wildman–Crippen LogP) is 5.55. The van der Waals surface area contributed by atoms with Crippen LogP contribution in [0.4, 0.5) is 5.69 Å². The number of aliphatic hydroxyl groups excluding tert-OH is 1. The van der Waals surface area contributed by atoms with Crippen LogP contribution in [0.3, 0.4) is 0 Å². The molecule has 0 aliphatic carbocycles. The molecule has 1 aliphatic heterocycles. The molecule has 36 heavy (non-hydrogen) atoms. The van der Waals surface area contributed by atoms with Gasteiger partial charge < -0.3 is 19.7 Å². The summed E-state index contributed by atoms with van der Waals surface area (Å²) in [4.78, 5) is 27.9. The maximum atomic E-state index is 13.4. The van der Waals surface area contributed by atoms with Crippen molar-refractivity contribution in [1.29, 1.82) is 0 Å². The Bertz CT molecular complexity index is 1330. The first-order chi connectivity index (χ1) is 17.3. The molecular formula is C29H29NO6. The molecule has 186 valence electrons. The maximum absolute atomic E-state index is 13.4. The summed E-state index contributed by atoms with van der Waals surface area (Å²) in [5.41, 5.74) is 1.96.